The molecule has 0 bridgehead atoms. The first-order valence-corrected chi connectivity index (χ1v) is 10.6. The molecule has 2 N–H and O–H groups in total. The number of thiol groups is 1. The number of nitrogens with one attached hydrogen (secondary N) is 1. The van der Waals surface area contributed by atoms with E-state index >= 15 is 0 Å². The Bertz CT molecular complexity index is 918. The van der Waals surface area contributed by atoms with E-state index in [-0.39, 0.29) is 11.8 Å². The van der Waals surface area contributed by atoms with Gasteiger partial charge in [0.1, 0.15) is 12.6 Å². The molecule has 0 spiro atoms. The maximum Gasteiger partial charge on any atom is 0.323 e. The average Bonchev–Trinajstić information content (AvgIpc) is 2.83. The Morgan fingerprint density at radius 1 is 1.17 bits per heavy atom. The highest BCUT2D eigenvalue weighted by Crippen LogP contribution is 2.29. The number of amides is 2. The van der Waals surface area contributed by atoms with Crippen LogP contribution in [0.25, 0.3) is 0 Å². The number of carboxylic acids is 1. The van der Waals surface area contributed by atoms with Gasteiger partial charge < -0.3 is 15.3 Å². The summed E-state index contributed by atoms with van der Waals surface area (Å²) >= 11 is 4.34. The van der Waals surface area contributed by atoms with Crippen LogP contribution in [0.3, 0.4) is 0 Å². The van der Waals surface area contributed by atoms with Crippen LogP contribution in [0.2, 0.25) is 0 Å². The Morgan fingerprint density at radius 3 is 2.50 bits per heavy atom. The number of aliphatic carboxylic acids is 1. The van der Waals surface area contributed by atoms with Crippen LogP contribution in [0, 0.1) is 5.92 Å². The Kier molecular flexibility index (Phi) is 7.15. The van der Waals surface area contributed by atoms with E-state index < -0.39 is 30.5 Å². The van der Waals surface area contributed by atoms with Crippen LogP contribution in [0.1, 0.15) is 29.7 Å². The summed E-state index contributed by atoms with van der Waals surface area (Å²) in [5.41, 5.74) is 2.85. The molecule has 2 aromatic rings. The molecule has 0 aliphatic carbocycles. The number of hydrogen-bond acceptors (Lipinski definition) is 4. The standard InChI is InChI=1S/C23H26N2O4S/c1-15-19-10-6-5-9-17(19)12-20(23(29)25(15)13-21(26)27)24-22(28)18(14-30)11-16-7-3-2-4-8-16/h2-10,15,18,20,30H,11-14H2,1H3,(H,24,28)(H,26,27)/t15?,18-,20?/m1/s1. The molecule has 6 nitrogen and oxygen atoms in total. The van der Waals surface area contributed by atoms with Crippen molar-refractivity contribution < 1.29 is 19.5 Å². The zero-order valence-corrected chi connectivity index (χ0v) is 17.7. The lowest BCUT2D eigenvalue weighted by atomic mass is 9.97. The average molecular weight is 427 g/mol. The molecule has 0 fully saturated rings. The van der Waals surface area contributed by atoms with Gasteiger partial charge in [0.25, 0.3) is 0 Å². The second-order valence-corrected chi connectivity index (χ2v) is 7.93. The number of benzene rings is 2. The predicted molar refractivity (Wildman–Crippen MR) is 117 cm³/mol. The molecule has 2 amide bonds. The maximum absolute atomic E-state index is 13.2. The third kappa shape index (κ3) is 5.02. The summed E-state index contributed by atoms with van der Waals surface area (Å²) in [4.78, 5) is 38.9. The molecule has 0 saturated heterocycles. The number of carbonyl (C=O) groups excluding carboxylic acids is 2. The number of carboxylic acid groups (broad SMARTS) is 1. The number of carbonyl (C=O) groups is 3. The minimum Gasteiger partial charge on any atom is -0.480 e. The van der Waals surface area contributed by atoms with E-state index in [2.05, 4.69) is 17.9 Å². The second kappa shape index (κ2) is 9.80. The smallest absolute Gasteiger partial charge is 0.323 e. The molecule has 0 aromatic heterocycles. The summed E-state index contributed by atoms with van der Waals surface area (Å²) in [7, 11) is 0. The zero-order chi connectivity index (χ0) is 21.7. The van der Waals surface area contributed by atoms with Crippen molar-refractivity contribution in [3.63, 3.8) is 0 Å². The van der Waals surface area contributed by atoms with E-state index in [9.17, 15) is 19.5 Å². The van der Waals surface area contributed by atoms with Gasteiger partial charge in [-0.1, -0.05) is 54.6 Å². The molecule has 7 heteroatoms. The van der Waals surface area contributed by atoms with Crippen molar-refractivity contribution in [2.75, 3.05) is 12.3 Å². The maximum atomic E-state index is 13.2. The zero-order valence-electron chi connectivity index (χ0n) is 16.8. The fourth-order valence-corrected chi connectivity index (χ4v) is 4.19. The van der Waals surface area contributed by atoms with Crippen LogP contribution < -0.4 is 5.32 Å². The molecule has 3 rings (SSSR count). The van der Waals surface area contributed by atoms with Gasteiger partial charge in [-0.05, 0) is 30.0 Å². The molecule has 1 heterocycles. The summed E-state index contributed by atoms with van der Waals surface area (Å²) in [6.07, 6.45) is 0.842. The Labute approximate surface area is 181 Å². The van der Waals surface area contributed by atoms with Crippen molar-refractivity contribution in [2.24, 2.45) is 5.92 Å². The Balaban J connectivity index is 1.83. The highest BCUT2D eigenvalue weighted by molar-refractivity contribution is 7.80. The largest absolute Gasteiger partial charge is 0.480 e. The normalized spacial score (nSPS) is 19.5. The van der Waals surface area contributed by atoms with Gasteiger partial charge >= 0.3 is 5.97 Å². The van der Waals surface area contributed by atoms with E-state index in [1.165, 1.54) is 4.90 Å². The first-order chi connectivity index (χ1) is 14.4. The highest BCUT2D eigenvalue weighted by atomic mass is 32.1. The minimum atomic E-state index is -1.09. The lowest BCUT2D eigenvalue weighted by Gasteiger charge is -2.29. The number of hydrogen-bond donors (Lipinski definition) is 3. The molecule has 1 aliphatic rings. The molecule has 0 saturated carbocycles. The molecule has 158 valence electrons. The minimum absolute atomic E-state index is 0.255. The van der Waals surface area contributed by atoms with Gasteiger partial charge in [0.05, 0.1) is 12.0 Å². The van der Waals surface area contributed by atoms with E-state index in [0.717, 1.165) is 16.7 Å². The Morgan fingerprint density at radius 2 is 1.83 bits per heavy atom. The molecule has 2 unspecified atom stereocenters. The molecular weight excluding hydrogens is 400 g/mol. The first-order valence-electron chi connectivity index (χ1n) is 9.96. The van der Waals surface area contributed by atoms with Crippen LogP contribution in [-0.4, -0.2) is 46.1 Å². The summed E-state index contributed by atoms with van der Waals surface area (Å²) < 4.78 is 0. The molecular formula is C23H26N2O4S. The summed E-state index contributed by atoms with van der Waals surface area (Å²) in [5.74, 6) is -1.78. The van der Waals surface area contributed by atoms with E-state index in [4.69, 9.17) is 0 Å². The van der Waals surface area contributed by atoms with E-state index in [0.29, 0.717) is 18.6 Å². The van der Waals surface area contributed by atoms with Crippen molar-refractivity contribution >= 4 is 30.4 Å². The topological polar surface area (TPSA) is 86.7 Å². The SMILES string of the molecule is CC1c2ccccc2CC(NC(=O)[C@@H](CS)Cc2ccccc2)C(=O)N1CC(=O)O. The summed E-state index contributed by atoms with van der Waals surface area (Å²) in [6, 6.07) is 16.0. The van der Waals surface area contributed by atoms with Gasteiger partial charge in [-0.2, -0.15) is 12.6 Å². The molecule has 1 aliphatic heterocycles. The summed E-state index contributed by atoms with van der Waals surface area (Å²) in [6.45, 7) is 1.40. The fraction of sp³-hybridized carbons (Fsp3) is 0.348. The summed E-state index contributed by atoms with van der Waals surface area (Å²) in [5, 5.41) is 12.2. The van der Waals surface area contributed by atoms with Gasteiger partial charge in [0.15, 0.2) is 0 Å². The highest BCUT2D eigenvalue weighted by Gasteiger charge is 2.36. The van der Waals surface area contributed by atoms with Crippen molar-refractivity contribution in [2.45, 2.75) is 31.8 Å². The molecule has 30 heavy (non-hydrogen) atoms. The molecule has 2 aromatic carbocycles. The van der Waals surface area contributed by atoms with Crippen LogP contribution in [0.5, 0.6) is 0 Å². The van der Waals surface area contributed by atoms with Gasteiger partial charge in [-0.25, -0.2) is 0 Å². The van der Waals surface area contributed by atoms with Crippen molar-refractivity contribution in [1.82, 2.24) is 10.2 Å². The monoisotopic (exact) mass is 426 g/mol. The third-order valence-corrected chi connectivity index (χ3v) is 5.96. The van der Waals surface area contributed by atoms with Gasteiger partial charge in [0.2, 0.25) is 11.8 Å². The Hall–Kier alpha value is -2.80. The van der Waals surface area contributed by atoms with Crippen LogP contribution in [-0.2, 0) is 27.2 Å². The number of rotatable bonds is 7. The van der Waals surface area contributed by atoms with Gasteiger partial charge in [-0.3, -0.25) is 14.4 Å². The van der Waals surface area contributed by atoms with E-state index in [1.807, 2.05) is 61.5 Å². The third-order valence-electron chi connectivity index (χ3n) is 5.52. The van der Waals surface area contributed by atoms with Gasteiger partial charge in [0, 0.05) is 12.2 Å². The quantitative estimate of drug-likeness (QED) is 0.594. The number of nitrogens with zero attached hydrogens (tertiary/aromatic N) is 1. The predicted octanol–water partition coefficient (Wildman–Crippen LogP) is 2.49. The van der Waals surface area contributed by atoms with Crippen molar-refractivity contribution in [1.29, 1.82) is 0 Å². The lowest BCUT2D eigenvalue weighted by molar-refractivity contribution is -0.147. The van der Waals surface area contributed by atoms with Gasteiger partial charge in [-0.15, -0.1) is 0 Å². The number of fused-ring (bicyclic) bond motifs is 1. The van der Waals surface area contributed by atoms with Crippen LogP contribution >= 0.6 is 12.6 Å². The lowest BCUT2D eigenvalue weighted by Crippen LogP contribution is -2.51. The van der Waals surface area contributed by atoms with Crippen molar-refractivity contribution in [3.05, 3.63) is 71.3 Å². The second-order valence-electron chi connectivity index (χ2n) is 7.57. The van der Waals surface area contributed by atoms with Crippen LogP contribution in [0.4, 0.5) is 0 Å². The van der Waals surface area contributed by atoms with E-state index in [1.54, 1.807) is 0 Å². The van der Waals surface area contributed by atoms with Crippen molar-refractivity contribution in [3.8, 4) is 0 Å². The molecule has 3 atom stereocenters. The molecule has 0 radical (unpaired) electrons. The first kappa shape index (κ1) is 21.9. The van der Waals surface area contributed by atoms with Crippen LogP contribution in [0.15, 0.2) is 54.6 Å². The fourth-order valence-electron chi connectivity index (χ4n) is 3.90.